The Morgan fingerprint density at radius 2 is 1.37 bits per heavy atom. The van der Waals surface area contributed by atoms with E-state index in [4.69, 9.17) is 0 Å². The highest BCUT2D eigenvalue weighted by atomic mass is 32.2. The molecule has 0 radical (unpaired) electrons. The van der Waals surface area contributed by atoms with Crippen molar-refractivity contribution in [2.24, 2.45) is 0 Å². The Kier molecular flexibility index (Phi) is 5.99. The number of fused-ring (bicyclic) bond motifs is 1. The first-order chi connectivity index (χ1) is 14.5. The molecule has 0 bridgehead atoms. The number of carbonyl (C=O) groups is 2. The topological polar surface area (TPSA) is 40.6 Å². The average molecular weight is 426 g/mol. The number of thioether (sulfide) groups is 1. The van der Waals surface area contributed by atoms with Gasteiger partial charge in [0.2, 0.25) is 0 Å². The standard InChI is InChI=1S/C23H20F2N2O2S/c24-23(25)30-18-10-8-17(9-11-18)21(28)26-12-14-27(15-13-26)22(29)20-7-3-5-16-4-1-2-6-19(16)20/h1-11,23H,12-15H2. The van der Waals surface area contributed by atoms with Gasteiger partial charge in [0.25, 0.3) is 17.6 Å². The third kappa shape index (κ3) is 4.31. The van der Waals surface area contributed by atoms with Crippen LogP contribution in [0.4, 0.5) is 8.78 Å². The minimum absolute atomic E-state index is 0.0349. The number of alkyl halides is 2. The van der Waals surface area contributed by atoms with E-state index < -0.39 is 5.76 Å². The summed E-state index contributed by atoms with van der Waals surface area (Å²) in [5.41, 5.74) is 1.13. The molecule has 3 aromatic rings. The molecule has 0 aromatic heterocycles. The second-order valence-corrected chi connectivity index (χ2v) is 8.08. The Bertz CT molecular complexity index is 1060. The number of rotatable bonds is 4. The predicted octanol–water partition coefficient (Wildman–Crippen LogP) is 4.75. The van der Waals surface area contributed by atoms with Crippen LogP contribution in [0.15, 0.2) is 71.6 Å². The van der Waals surface area contributed by atoms with Gasteiger partial charge in [-0.1, -0.05) is 48.2 Å². The van der Waals surface area contributed by atoms with Gasteiger partial charge in [0, 0.05) is 42.2 Å². The Balaban J connectivity index is 1.41. The largest absolute Gasteiger partial charge is 0.335 e. The molecule has 1 saturated heterocycles. The van der Waals surface area contributed by atoms with E-state index in [0.29, 0.717) is 54.0 Å². The zero-order valence-corrected chi connectivity index (χ0v) is 16.9. The molecule has 154 valence electrons. The number of amides is 2. The van der Waals surface area contributed by atoms with E-state index >= 15 is 0 Å². The molecule has 0 N–H and O–H groups in total. The first kappa shape index (κ1) is 20.3. The van der Waals surface area contributed by atoms with E-state index in [1.807, 2.05) is 42.5 Å². The van der Waals surface area contributed by atoms with Gasteiger partial charge < -0.3 is 9.80 Å². The Labute approximate surface area is 177 Å². The van der Waals surface area contributed by atoms with Crippen LogP contribution in [-0.4, -0.2) is 53.6 Å². The molecule has 7 heteroatoms. The maximum atomic E-state index is 13.0. The number of halogens is 2. The Morgan fingerprint density at radius 3 is 2.03 bits per heavy atom. The number of hydrogen-bond donors (Lipinski definition) is 0. The van der Waals surface area contributed by atoms with E-state index in [9.17, 15) is 18.4 Å². The van der Waals surface area contributed by atoms with Crippen LogP contribution in [-0.2, 0) is 0 Å². The van der Waals surface area contributed by atoms with Gasteiger partial charge in [0.1, 0.15) is 0 Å². The van der Waals surface area contributed by atoms with Crippen LogP contribution in [0, 0.1) is 0 Å². The summed E-state index contributed by atoms with van der Waals surface area (Å²) in [7, 11) is 0. The number of piperazine rings is 1. The van der Waals surface area contributed by atoms with Gasteiger partial charge in [-0.25, -0.2) is 0 Å². The van der Waals surface area contributed by atoms with Crippen LogP contribution in [0.2, 0.25) is 0 Å². The van der Waals surface area contributed by atoms with Crippen molar-refractivity contribution < 1.29 is 18.4 Å². The maximum Gasteiger partial charge on any atom is 0.288 e. The van der Waals surface area contributed by atoms with E-state index in [0.717, 1.165) is 10.8 Å². The van der Waals surface area contributed by atoms with Crippen molar-refractivity contribution >= 4 is 34.3 Å². The summed E-state index contributed by atoms with van der Waals surface area (Å²) in [6, 6.07) is 19.7. The van der Waals surface area contributed by atoms with E-state index in [1.54, 1.807) is 21.9 Å². The van der Waals surface area contributed by atoms with Crippen LogP contribution >= 0.6 is 11.8 Å². The molecule has 1 aliphatic rings. The molecule has 1 fully saturated rings. The van der Waals surface area contributed by atoms with Crippen molar-refractivity contribution in [1.29, 1.82) is 0 Å². The van der Waals surface area contributed by atoms with Crippen molar-refractivity contribution in [3.05, 3.63) is 77.9 Å². The zero-order chi connectivity index (χ0) is 21.1. The van der Waals surface area contributed by atoms with Crippen molar-refractivity contribution in [3.8, 4) is 0 Å². The summed E-state index contributed by atoms with van der Waals surface area (Å²) in [4.78, 5) is 29.7. The quantitative estimate of drug-likeness (QED) is 0.565. The lowest BCUT2D eigenvalue weighted by Gasteiger charge is -2.35. The van der Waals surface area contributed by atoms with Gasteiger partial charge in [0.05, 0.1) is 0 Å². The Morgan fingerprint density at radius 1 is 0.767 bits per heavy atom. The van der Waals surface area contributed by atoms with Crippen LogP contribution in [0.25, 0.3) is 10.8 Å². The van der Waals surface area contributed by atoms with Gasteiger partial charge in [-0.2, -0.15) is 8.78 Å². The van der Waals surface area contributed by atoms with Gasteiger partial charge >= 0.3 is 0 Å². The minimum Gasteiger partial charge on any atom is -0.335 e. The second-order valence-electron chi connectivity index (χ2n) is 7.01. The molecule has 4 rings (SSSR count). The first-order valence-corrected chi connectivity index (χ1v) is 10.5. The summed E-state index contributed by atoms with van der Waals surface area (Å²) in [6.07, 6.45) is 0. The molecule has 0 aliphatic carbocycles. The lowest BCUT2D eigenvalue weighted by molar-refractivity contribution is 0.0536. The lowest BCUT2D eigenvalue weighted by atomic mass is 10.0. The molecule has 30 heavy (non-hydrogen) atoms. The first-order valence-electron chi connectivity index (χ1n) is 9.64. The van der Waals surface area contributed by atoms with Crippen LogP contribution < -0.4 is 0 Å². The normalized spacial score (nSPS) is 14.4. The molecule has 1 heterocycles. The van der Waals surface area contributed by atoms with Crippen molar-refractivity contribution in [2.75, 3.05) is 26.2 Å². The van der Waals surface area contributed by atoms with Gasteiger partial charge in [-0.15, -0.1) is 0 Å². The lowest BCUT2D eigenvalue weighted by Crippen LogP contribution is -2.50. The SMILES string of the molecule is O=C(c1ccc(SC(F)F)cc1)N1CCN(C(=O)c2cccc3ccccc23)CC1. The van der Waals surface area contributed by atoms with E-state index in [1.165, 1.54) is 12.1 Å². The Hall–Kier alpha value is -2.93. The zero-order valence-electron chi connectivity index (χ0n) is 16.1. The smallest absolute Gasteiger partial charge is 0.288 e. The summed E-state index contributed by atoms with van der Waals surface area (Å²) < 4.78 is 24.9. The molecular weight excluding hydrogens is 406 g/mol. The summed E-state index contributed by atoms with van der Waals surface area (Å²) in [5.74, 6) is -2.67. The molecule has 0 atom stereocenters. The third-order valence-electron chi connectivity index (χ3n) is 5.20. The van der Waals surface area contributed by atoms with Crippen molar-refractivity contribution in [3.63, 3.8) is 0 Å². The van der Waals surface area contributed by atoms with Crippen LogP contribution in [0.3, 0.4) is 0 Å². The number of hydrogen-bond acceptors (Lipinski definition) is 3. The predicted molar refractivity (Wildman–Crippen MR) is 114 cm³/mol. The number of nitrogens with zero attached hydrogens (tertiary/aromatic N) is 2. The van der Waals surface area contributed by atoms with Gasteiger partial charge in [0.15, 0.2) is 0 Å². The highest BCUT2D eigenvalue weighted by Gasteiger charge is 2.26. The maximum absolute atomic E-state index is 13.0. The summed E-state index contributed by atoms with van der Waals surface area (Å²) >= 11 is 0.454. The molecule has 2 amide bonds. The fourth-order valence-electron chi connectivity index (χ4n) is 3.66. The highest BCUT2D eigenvalue weighted by Crippen LogP contribution is 2.26. The van der Waals surface area contributed by atoms with E-state index in [2.05, 4.69) is 0 Å². The fraction of sp³-hybridized carbons (Fsp3) is 0.217. The number of carbonyl (C=O) groups excluding carboxylic acids is 2. The summed E-state index contributed by atoms with van der Waals surface area (Å²) in [5, 5.41) is 1.94. The van der Waals surface area contributed by atoms with Crippen molar-refractivity contribution in [2.45, 2.75) is 10.7 Å². The average Bonchev–Trinajstić information content (AvgIpc) is 2.78. The molecule has 0 saturated carbocycles. The molecule has 4 nitrogen and oxygen atoms in total. The molecule has 0 unspecified atom stereocenters. The molecular formula is C23H20F2N2O2S. The molecule has 0 spiro atoms. The van der Waals surface area contributed by atoms with Crippen molar-refractivity contribution in [1.82, 2.24) is 9.80 Å². The summed E-state index contributed by atoms with van der Waals surface area (Å²) in [6.45, 7) is 1.77. The van der Waals surface area contributed by atoms with E-state index in [-0.39, 0.29) is 11.8 Å². The van der Waals surface area contributed by atoms with Gasteiger partial charge in [-0.05, 0) is 41.1 Å². The van der Waals surface area contributed by atoms with Gasteiger partial charge in [-0.3, -0.25) is 9.59 Å². The van der Waals surface area contributed by atoms with Crippen LogP contribution in [0.5, 0.6) is 0 Å². The molecule has 3 aromatic carbocycles. The highest BCUT2D eigenvalue weighted by molar-refractivity contribution is 7.99. The molecule has 1 aliphatic heterocycles. The second kappa shape index (κ2) is 8.83. The minimum atomic E-state index is -2.49. The number of benzene rings is 3. The monoisotopic (exact) mass is 426 g/mol. The third-order valence-corrected chi connectivity index (χ3v) is 5.92. The fourth-order valence-corrected chi connectivity index (χ4v) is 4.16. The van der Waals surface area contributed by atoms with Crippen LogP contribution in [0.1, 0.15) is 20.7 Å².